The first kappa shape index (κ1) is 15.2. The SMILES string of the molecule is COCC(C)NC(=O)c1ccc(C#CCN)cc1F. The van der Waals surface area contributed by atoms with Crippen LogP contribution in [0.5, 0.6) is 0 Å². The van der Waals surface area contributed by atoms with E-state index in [9.17, 15) is 9.18 Å². The highest BCUT2D eigenvalue weighted by atomic mass is 19.1. The third kappa shape index (κ3) is 4.70. The van der Waals surface area contributed by atoms with Gasteiger partial charge < -0.3 is 15.8 Å². The Morgan fingerprint density at radius 2 is 2.32 bits per heavy atom. The van der Waals surface area contributed by atoms with E-state index in [-0.39, 0.29) is 18.2 Å². The molecular formula is C14H17FN2O2. The van der Waals surface area contributed by atoms with Gasteiger partial charge in [-0.25, -0.2) is 4.39 Å². The number of nitrogens with one attached hydrogen (secondary N) is 1. The Bertz CT molecular complexity index is 506. The van der Waals surface area contributed by atoms with Crippen molar-refractivity contribution < 1.29 is 13.9 Å². The second-order valence-electron chi connectivity index (χ2n) is 4.03. The van der Waals surface area contributed by atoms with Gasteiger partial charge in [-0.15, -0.1) is 0 Å². The van der Waals surface area contributed by atoms with Crippen molar-refractivity contribution in [3.05, 3.63) is 35.1 Å². The van der Waals surface area contributed by atoms with Crippen LogP contribution in [-0.4, -0.2) is 32.2 Å². The summed E-state index contributed by atoms with van der Waals surface area (Å²) in [4.78, 5) is 11.8. The summed E-state index contributed by atoms with van der Waals surface area (Å²) in [6.45, 7) is 2.35. The van der Waals surface area contributed by atoms with E-state index in [0.29, 0.717) is 12.2 Å². The molecule has 1 aromatic carbocycles. The Balaban J connectivity index is 2.81. The number of halogens is 1. The molecule has 1 atom stereocenters. The smallest absolute Gasteiger partial charge is 0.254 e. The zero-order valence-electron chi connectivity index (χ0n) is 11.0. The van der Waals surface area contributed by atoms with Crippen LogP contribution in [-0.2, 0) is 4.74 Å². The van der Waals surface area contributed by atoms with Gasteiger partial charge in [0.1, 0.15) is 5.82 Å². The average molecular weight is 264 g/mol. The van der Waals surface area contributed by atoms with Gasteiger partial charge in [0.05, 0.1) is 18.7 Å². The molecule has 0 aliphatic heterocycles. The number of methoxy groups -OCH3 is 1. The Labute approximate surface area is 112 Å². The fourth-order valence-corrected chi connectivity index (χ4v) is 1.52. The lowest BCUT2D eigenvalue weighted by Gasteiger charge is -2.13. The van der Waals surface area contributed by atoms with Crippen LogP contribution in [0.2, 0.25) is 0 Å². The van der Waals surface area contributed by atoms with E-state index < -0.39 is 11.7 Å². The monoisotopic (exact) mass is 264 g/mol. The van der Waals surface area contributed by atoms with E-state index in [1.807, 2.05) is 0 Å². The van der Waals surface area contributed by atoms with Crippen molar-refractivity contribution in [3.8, 4) is 11.8 Å². The number of hydrogen-bond donors (Lipinski definition) is 2. The van der Waals surface area contributed by atoms with E-state index in [0.717, 1.165) is 0 Å². The molecule has 0 radical (unpaired) electrons. The first-order chi connectivity index (χ1) is 9.08. The molecule has 0 fully saturated rings. The Kier molecular flexibility index (Phi) is 6.00. The highest BCUT2D eigenvalue weighted by Gasteiger charge is 2.14. The summed E-state index contributed by atoms with van der Waals surface area (Å²) in [5, 5.41) is 2.64. The Morgan fingerprint density at radius 1 is 1.58 bits per heavy atom. The normalized spacial score (nSPS) is 11.4. The fourth-order valence-electron chi connectivity index (χ4n) is 1.52. The first-order valence-corrected chi connectivity index (χ1v) is 5.86. The molecule has 1 rings (SSSR count). The van der Waals surface area contributed by atoms with Crippen LogP contribution in [0.4, 0.5) is 4.39 Å². The van der Waals surface area contributed by atoms with E-state index in [1.165, 1.54) is 19.2 Å². The van der Waals surface area contributed by atoms with Gasteiger partial charge in [0.2, 0.25) is 0 Å². The number of carbonyl (C=O) groups excluding carboxylic acids is 1. The maximum Gasteiger partial charge on any atom is 0.254 e. The summed E-state index contributed by atoms with van der Waals surface area (Å²) in [5.74, 6) is 4.25. The van der Waals surface area contributed by atoms with Gasteiger partial charge in [0.25, 0.3) is 5.91 Å². The van der Waals surface area contributed by atoms with E-state index in [4.69, 9.17) is 10.5 Å². The number of nitrogens with two attached hydrogens (primary N) is 1. The lowest BCUT2D eigenvalue weighted by atomic mass is 10.1. The molecule has 1 unspecified atom stereocenters. The van der Waals surface area contributed by atoms with Gasteiger partial charge in [-0.3, -0.25) is 4.79 Å². The predicted octanol–water partition coefficient (Wildman–Crippen LogP) is 0.901. The topological polar surface area (TPSA) is 64.3 Å². The standard InChI is InChI=1S/C14H17FN2O2/c1-10(9-19-2)17-14(18)12-6-5-11(4-3-7-16)8-13(12)15/h5-6,8,10H,7,9,16H2,1-2H3,(H,17,18). The number of amides is 1. The van der Waals surface area contributed by atoms with Crippen LogP contribution in [0.3, 0.4) is 0 Å². The molecule has 0 saturated carbocycles. The van der Waals surface area contributed by atoms with E-state index >= 15 is 0 Å². The summed E-state index contributed by atoms with van der Waals surface area (Å²) >= 11 is 0. The van der Waals surface area contributed by atoms with Gasteiger partial charge >= 0.3 is 0 Å². The van der Waals surface area contributed by atoms with Crippen molar-refractivity contribution in [2.24, 2.45) is 5.73 Å². The number of carbonyl (C=O) groups is 1. The second-order valence-corrected chi connectivity index (χ2v) is 4.03. The first-order valence-electron chi connectivity index (χ1n) is 5.86. The van der Waals surface area contributed by atoms with Crippen molar-refractivity contribution in [2.75, 3.05) is 20.3 Å². The highest BCUT2D eigenvalue weighted by Crippen LogP contribution is 2.10. The number of ether oxygens (including phenoxy) is 1. The zero-order chi connectivity index (χ0) is 14.3. The Morgan fingerprint density at radius 3 is 2.89 bits per heavy atom. The molecule has 0 bridgehead atoms. The van der Waals surface area contributed by atoms with Crippen molar-refractivity contribution >= 4 is 5.91 Å². The summed E-state index contributed by atoms with van der Waals surface area (Å²) in [6.07, 6.45) is 0. The molecule has 4 nitrogen and oxygen atoms in total. The fraction of sp³-hybridized carbons (Fsp3) is 0.357. The number of benzene rings is 1. The largest absolute Gasteiger partial charge is 0.383 e. The van der Waals surface area contributed by atoms with Gasteiger partial charge in [-0.2, -0.15) is 0 Å². The minimum Gasteiger partial charge on any atom is -0.383 e. The Hall–Kier alpha value is -1.90. The van der Waals surface area contributed by atoms with Crippen LogP contribution < -0.4 is 11.1 Å². The lowest BCUT2D eigenvalue weighted by molar-refractivity contribution is 0.0901. The van der Waals surface area contributed by atoms with Gasteiger partial charge in [-0.05, 0) is 25.1 Å². The van der Waals surface area contributed by atoms with Crippen molar-refractivity contribution in [1.29, 1.82) is 0 Å². The van der Waals surface area contributed by atoms with Crippen LogP contribution in [0.1, 0.15) is 22.8 Å². The van der Waals surface area contributed by atoms with E-state index in [2.05, 4.69) is 17.2 Å². The number of hydrogen-bond acceptors (Lipinski definition) is 3. The number of rotatable bonds is 4. The third-order valence-corrected chi connectivity index (χ3v) is 2.34. The molecule has 0 saturated heterocycles. The van der Waals surface area contributed by atoms with Gasteiger partial charge in [0, 0.05) is 18.7 Å². The maximum absolute atomic E-state index is 13.8. The molecule has 3 N–H and O–H groups in total. The molecule has 5 heteroatoms. The zero-order valence-corrected chi connectivity index (χ0v) is 11.0. The highest BCUT2D eigenvalue weighted by molar-refractivity contribution is 5.94. The van der Waals surface area contributed by atoms with Crippen LogP contribution in [0.25, 0.3) is 0 Å². The molecule has 0 spiro atoms. The molecule has 102 valence electrons. The lowest BCUT2D eigenvalue weighted by Crippen LogP contribution is -2.36. The molecule has 0 aliphatic carbocycles. The van der Waals surface area contributed by atoms with Gasteiger partial charge in [-0.1, -0.05) is 11.8 Å². The van der Waals surface area contributed by atoms with E-state index in [1.54, 1.807) is 13.0 Å². The molecule has 1 aromatic rings. The second kappa shape index (κ2) is 7.52. The van der Waals surface area contributed by atoms with Crippen LogP contribution in [0.15, 0.2) is 18.2 Å². The van der Waals surface area contributed by atoms with Crippen molar-refractivity contribution in [2.45, 2.75) is 13.0 Å². The minimum atomic E-state index is -0.606. The quantitative estimate of drug-likeness (QED) is 0.794. The molecular weight excluding hydrogens is 247 g/mol. The molecule has 0 aliphatic rings. The van der Waals surface area contributed by atoms with Crippen LogP contribution in [0, 0.1) is 17.7 Å². The molecule has 0 aromatic heterocycles. The summed E-state index contributed by atoms with van der Waals surface area (Å²) < 4.78 is 18.7. The molecule has 1 amide bonds. The van der Waals surface area contributed by atoms with Crippen LogP contribution >= 0.6 is 0 Å². The molecule has 0 heterocycles. The average Bonchev–Trinajstić information content (AvgIpc) is 2.36. The maximum atomic E-state index is 13.8. The third-order valence-electron chi connectivity index (χ3n) is 2.34. The van der Waals surface area contributed by atoms with Crippen molar-refractivity contribution in [1.82, 2.24) is 5.32 Å². The molecule has 19 heavy (non-hydrogen) atoms. The predicted molar refractivity (Wildman–Crippen MR) is 71.1 cm³/mol. The van der Waals surface area contributed by atoms with Gasteiger partial charge in [0.15, 0.2) is 0 Å². The summed E-state index contributed by atoms with van der Waals surface area (Å²) in [7, 11) is 1.54. The minimum absolute atomic E-state index is 0.0127. The summed E-state index contributed by atoms with van der Waals surface area (Å²) in [6, 6.07) is 4.03. The van der Waals surface area contributed by atoms with Crippen molar-refractivity contribution in [3.63, 3.8) is 0 Å². The summed E-state index contributed by atoms with van der Waals surface area (Å²) in [5.41, 5.74) is 5.71.